The molecule has 0 fully saturated rings. The van der Waals surface area contributed by atoms with Gasteiger partial charge in [0.15, 0.2) is 0 Å². The molecule has 0 aliphatic carbocycles. The highest BCUT2D eigenvalue weighted by atomic mass is 15.1. The second-order valence-corrected chi connectivity index (χ2v) is 3.37. The molecule has 1 aromatic heterocycles. The summed E-state index contributed by atoms with van der Waals surface area (Å²) < 4.78 is 0. The summed E-state index contributed by atoms with van der Waals surface area (Å²) in [6, 6.07) is 5.66. The fraction of sp³-hybridized carbons (Fsp3) is 0.200. The smallest absolute Gasteiger partial charge is 0.139 e. The number of fused-ring (bicyclic) bond motifs is 1. The fourth-order valence-corrected chi connectivity index (χ4v) is 1.42. The van der Waals surface area contributed by atoms with E-state index in [0.29, 0.717) is 0 Å². The van der Waals surface area contributed by atoms with Gasteiger partial charge in [-0.2, -0.15) is 0 Å². The molecule has 0 unspecified atom stereocenters. The van der Waals surface area contributed by atoms with E-state index >= 15 is 0 Å². The molecule has 0 bridgehead atoms. The number of nitrogen functional groups attached to an aromatic ring is 1. The maximum atomic E-state index is 5.68. The average molecular weight is 188 g/mol. The first-order valence-electron chi connectivity index (χ1n) is 4.36. The molecule has 0 atom stereocenters. The summed E-state index contributed by atoms with van der Waals surface area (Å²) in [5, 5.41) is 1.02. The molecule has 1 aromatic carbocycles. The minimum Gasteiger partial charge on any atom is -0.399 e. The molecule has 72 valence electrons. The van der Waals surface area contributed by atoms with Crippen molar-refractivity contribution in [3.8, 4) is 0 Å². The van der Waals surface area contributed by atoms with E-state index in [4.69, 9.17) is 5.73 Å². The molecule has 14 heavy (non-hydrogen) atoms. The first-order chi connectivity index (χ1) is 6.68. The second-order valence-electron chi connectivity index (χ2n) is 3.37. The van der Waals surface area contributed by atoms with E-state index in [-0.39, 0.29) is 0 Å². The quantitative estimate of drug-likeness (QED) is 0.685. The van der Waals surface area contributed by atoms with Gasteiger partial charge in [-0.25, -0.2) is 9.97 Å². The van der Waals surface area contributed by atoms with Gasteiger partial charge in [0.05, 0.1) is 5.52 Å². The Balaban J connectivity index is 2.75. The predicted octanol–water partition coefficient (Wildman–Crippen LogP) is 1.28. The molecule has 4 nitrogen and oxygen atoms in total. The van der Waals surface area contributed by atoms with E-state index in [0.717, 1.165) is 22.4 Å². The van der Waals surface area contributed by atoms with Crippen molar-refractivity contribution in [2.45, 2.75) is 0 Å². The summed E-state index contributed by atoms with van der Waals surface area (Å²) in [6.45, 7) is 0. The van der Waals surface area contributed by atoms with E-state index < -0.39 is 0 Å². The van der Waals surface area contributed by atoms with Gasteiger partial charge in [0, 0.05) is 25.2 Å². The standard InChI is InChI=1S/C10H12N4/c1-14(2)10-8-4-3-7(11)5-9(8)12-6-13-10/h3-6H,11H2,1-2H3. The van der Waals surface area contributed by atoms with Gasteiger partial charge in [0.2, 0.25) is 0 Å². The lowest BCUT2D eigenvalue weighted by Gasteiger charge is -2.13. The molecule has 0 radical (unpaired) electrons. The van der Waals surface area contributed by atoms with Crippen LogP contribution in [-0.2, 0) is 0 Å². The number of nitrogens with two attached hydrogens (primary N) is 1. The van der Waals surface area contributed by atoms with Crippen molar-refractivity contribution >= 4 is 22.4 Å². The Bertz CT molecular complexity index is 465. The highest BCUT2D eigenvalue weighted by Gasteiger charge is 2.04. The number of hydrogen-bond donors (Lipinski definition) is 1. The van der Waals surface area contributed by atoms with Crippen LogP contribution in [0.4, 0.5) is 11.5 Å². The number of aromatic nitrogens is 2. The Morgan fingerprint density at radius 3 is 2.71 bits per heavy atom. The van der Waals surface area contributed by atoms with Gasteiger partial charge in [-0.1, -0.05) is 0 Å². The lowest BCUT2D eigenvalue weighted by Crippen LogP contribution is -2.11. The van der Waals surface area contributed by atoms with Crippen molar-refractivity contribution in [3.63, 3.8) is 0 Å². The molecule has 4 heteroatoms. The zero-order valence-corrected chi connectivity index (χ0v) is 8.23. The normalized spacial score (nSPS) is 10.4. The van der Waals surface area contributed by atoms with E-state index in [1.54, 1.807) is 6.33 Å². The van der Waals surface area contributed by atoms with Gasteiger partial charge in [-0.05, 0) is 18.2 Å². The Morgan fingerprint density at radius 2 is 2.00 bits per heavy atom. The maximum absolute atomic E-state index is 5.68. The third-order valence-electron chi connectivity index (χ3n) is 2.06. The molecule has 2 aromatic rings. The third-order valence-corrected chi connectivity index (χ3v) is 2.06. The third kappa shape index (κ3) is 1.35. The van der Waals surface area contributed by atoms with Gasteiger partial charge in [-0.15, -0.1) is 0 Å². The van der Waals surface area contributed by atoms with Crippen molar-refractivity contribution in [2.24, 2.45) is 0 Å². The Labute approximate surface area is 82.4 Å². The summed E-state index contributed by atoms with van der Waals surface area (Å²) in [7, 11) is 3.91. The lowest BCUT2D eigenvalue weighted by atomic mass is 10.2. The van der Waals surface area contributed by atoms with Crippen molar-refractivity contribution in [1.29, 1.82) is 0 Å². The summed E-state index contributed by atoms with van der Waals surface area (Å²) in [5.41, 5.74) is 7.28. The first kappa shape index (κ1) is 8.74. The highest BCUT2D eigenvalue weighted by molar-refractivity contribution is 5.90. The van der Waals surface area contributed by atoms with Crippen LogP contribution in [0.3, 0.4) is 0 Å². The SMILES string of the molecule is CN(C)c1ncnc2cc(N)ccc12. The van der Waals surface area contributed by atoms with E-state index in [2.05, 4.69) is 9.97 Å². The van der Waals surface area contributed by atoms with Crippen molar-refractivity contribution < 1.29 is 0 Å². The van der Waals surface area contributed by atoms with Gasteiger partial charge < -0.3 is 10.6 Å². The van der Waals surface area contributed by atoms with Crippen molar-refractivity contribution in [1.82, 2.24) is 9.97 Å². The second kappa shape index (κ2) is 3.14. The van der Waals surface area contributed by atoms with Crippen molar-refractivity contribution in [3.05, 3.63) is 24.5 Å². The number of hydrogen-bond acceptors (Lipinski definition) is 4. The lowest BCUT2D eigenvalue weighted by molar-refractivity contribution is 1.06. The fourth-order valence-electron chi connectivity index (χ4n) is 1.42. The number of benzene rings is 1. The van der Waals surface area contributed by atoms with Crippen LogP contribution in [0, 0.1) is 0 Å². The van der Waals surface area contributed by atoms with Crippen LogP contribution in [0.2, 0.25) is 0 Å². The Morgan fingerprint density at radius 1 is 1.21 bits per heavy atom. The molecule has 0 amide bonds. The van der Waals surface area contributed by atoms with Gasteiger partial charge in [-0.3, -0.25) is 0 Å². The summed E-state index contributed by atoms with van der Waals surface area (Å²) in [5.74, 6) is 0.912. The molecule has 1 heterocycles. The first-order valence-corrected chi connectivity index (χ1v) is 4.36. The van der Waals surface area contributed by atoms with Crippen LogP contribution in [0.15, 0.2) is 24.5 Å². The average Bonchev–Trinajstić information content (AvgIpc) is 2.16. The highest BCUT2D eigenvalue weighted by Crippen LogP contribution is 2.22. The summed E-state index contributed by atoms with van der Waals surface area (Å²) in [4.78, 5) is 10.3. The molecule has 2 rings (SSSR count). The number of rotatable bonds is 1. The molecular formula is C10H12N4. The molecule has 0 saturated heterocycles. The van der Waals surface area contributed by atoms with Crippen LogP contribution in [-0.4, -0.2) is 24.1 Å². The minimum atomic E-state index is 0.723. The molecule has 2 N–H and O–H groups in total. The van der Waals surface area contributed by atoms with E-state index in [1.165, 1.54) is 0 Å². The molecule has 0 aliphatic rings. The van der Waals surface area contributed by atoms with Crippen LogP contribution < -0.4 is 10.6 Å². The maximum Gasteiger partial charge on any atom is 0.139 e. The van der Waals surface area contributed by atoms with E-state index in [9.17, 15) is 0 Å². The van der Waals surface area contributed by atoms with Crippen LogP contribution in [0.5, 0.6) is 0 Å². The van der Waals surface area contributed by atoms with Crippen LogP contribution in [0.25, 0.3) is 10.9 Å². The molecule has 0 saturated carbocycles. The largest absolute Gasteiger partial charge is 0.399 e. The number of nitrogens with zero attached hydrogens (tertiary/aromatic N) is 3. The monoisotopic (exact) mass is 188 g/mol. The molecule has 0 aliphatic heterocycles. The Hall–Kier alpha value is -1.84. The molecular weight excluding hydrogens is 176 g/mol. The van der Waals surface area contributed by atoms with Gasteiger partial charge in [0.25, 0.3) is 0 Å². The van der Waals surface area contributed by atoms with Gasteiger partial charge >= 0.3 is 0 Å². The Kier molecular flexibility index (Phi) is 1.96. The topological polar surface area (TPSA) is 55.0 Å². The van der Waals surface area contributed by atoms with Gasteiger partial charge in [0.1, 0.15) is 12.1 Å². The van der Waals surface area contributed by atoms with Crippen molar-refractivity contribution in [2.75, 3.05) is 24.7 Å². The zero-order chi connectivity index (χ0) is 10.1. The van der Waals surface area contributed by atoms with Crippen LogP contribution in [0.1, 0.15) is 0 Å². The van der Waals surface area contributed by atoms with Crippen LogP contribution >= 0.6 is 0 Å². The summed E-state index contributed by atoms with van der Waals surface area (Å²) >= 11 is 0. The number of anilines is 2. The zero-order valence-electron chi connectivity index (χ0n) is 8.23. The van der Waals surface area contributed by atoms with E-state index in [1.807, 2.05) is 37.2 Å². The predicted molar refractivity (Wildman–Crippen MR) is 58.3 cm³/mol. The molecule has 0 spiro atoms. The summed E-state index contributed by atoms with van der Waals surface area (Å²) in [6.07, 6.45) is 1.55. The minimum absolute atomic E-state index is 0.723.